The van der Waals surface area contributed by atoms with E-state index in [-0.39, 0.29) is 16.3 Å². The number of alkyl halides is 3. The van der Waals surface area contributed by atoms with E-state index in [1.54, 1.807) is 0 Å². The number of aliphatic hydroxyl groups is 1. The van der Waals surface area contributed by atoms with Crippen LogP contribution in [0.5, 0.6) is 0 Å². The summed E-state index contributed by atoms with van der Waals surface area (Å²) in [4.78, 5) is 12.4. The van der Waals surface area contributed by atoms with Crippen molar-refractivity contribution in [2.75, 3.05) is 25.4 Å². The Morgan fingerprint density at radius 2 is 2.05 bits per heavy atom. The van der Waals surface area contributed by atoms with Crippen molar-refractivity contribution >= 4 is 23.2 Å². The second-order valence-electron chi connectivity index (χ2n) is 3.80. The Morgan fingerprint density at radius 1 is 1.42 bits per heavy atom. The molecule has 0 aliphatic heterocycles. The first-order valence-electron chi connectivity index (χ1n) is 5.26. The number of nitrogen functional groups attached to an aromatic ring is 1. The summed E-state index contributed by atoms with van der Waals surface area (Å²) in [5.41, 5.74) is 5.45. The number of amides is 1. The number of carbonyl (C=O) groups is 1. The average Bonchev–Trinajstić information content (AvgIpc) is 2.29. The molecular formula is C11H12ClF3N2O2. The van der Waals surface area contributed by atoms with Crippen molar-refractivity contribution in [2.24, 2.45) is 0 Å². The molecule has 1 rings (SSSR count). The van der Waals surface area contributed by atoms with Gasteiger partial charge in [-0.05, 0) is 18.2 Å². The second-order valence-corrected chi connectivity index (χ2v) is 4.23. The molecule has 8 heteroatoms. The van der Waals surface area contributed by atoms with Crippen LogP contribution in [0.15, 0.2) is 18.2 Å². The van der Waals surface area contributed by atoms with E-state index < -0.39 is 31.8 Å². The van der Waals surface area contributed by atoms with E-state index in [2.05, 4.69) is 0 Å². The Balaban J connectivity index is 3.02. The quantitative estimate of drug-likeness (QED) is 0.834. The Bertz CT molecular complexity index is 466. The first kappa shape index (κ1) is 15.6. The monoisotopic (exact) mass is 296 g/mol. The van der Waals surface area contributed by atoms with Gasteiger partial charge in [0.15, 0.2) is 0 Å². The number of nitrogens with two attached hydrogens (primary N) is 1. The number of hydrogen-bond acceptors (Lipinski definition) is 3. The fourth-order valence-electron chi connectivity index (χ4n) is 1.47. The Morgan fingerprint density at radius 3 is 2.58 bits per heavy atom. The molecule has 4 nitrogen and oxygen atoms in total. The van der Waals surface area contributed by atoms with Gasteiger partial charge in [-0.1, -0.05) is 11.6 Å². The van der Waals surface area contributed by atoms with Crippen LogP contribution in [-0.4, -0.2) is 41.8 Å². The van der Waals surface area contributed by atoms with Crippen molar-refractivity contribution in [1.82, 2.24) is 4.90 Å². The molecule has 0 bridgehead atoms. The molecular weight excluding hydrogens is 285 g/mol. The van der Waals surface area contributed by atoms with E-state index in [1.165, 1.54) is 18.2 Å². The molecule has 0 spiro atoms. The molecule has 3 N–H and O–H groups in total. The number of rotatable bonds is 4. The molecule has 1 aromatic rings. The van der Waals surface area contributed by atoms with Gasteiger partial charge in [0.1, 0.15) is 6.54 Å². The van der Waals surface area contributed by atoms with Crippen LogP contribution in [0.25, 0.3) is 0 Å². The zero-order chi connectivity index (χ0) is 14.6. The summed E-state index contributed by atoms with van der Waals surface area (Å²) >= 11 is 5.68. The second kappa shape index (κ2) is 6.12. The van der Waals surface area contributed by atoms with Gasteiger partial charge < -0.3 is 15.7 Å². The zero-order valence-corrected chi connectivity index (χ0v) is 10.5. The van der Waals surface area contributed by atoms with Crippen LogP contribution in [0.2, 0.25) is 5.02 Å². The minimum absolute atomic E-state index is 0.0273. The van der Waals surface area contributed by atoms with Gasteiger partial charge in [0.2, 0.25) is 0 Å². The number of hydrogen-bond donors (Lipinski definition) is 2. The van der Waals surface area contributed by atoms with E-state index in [0.29, 0.717) is 4.90 Å². The molecule has 1 amide bonds. The lowest BCUT2D eigenvalue weighted by Gasteiger charge is -2.23. The van der Waals surface area contributed by atoms with Crippen molar-refractivity contribution < 1.29 is 23.1 Å². The molecule has 106 valence electrons. The van der Waals surface area contributed by atoms with E-state index in [0.717, 1.165) is 0 Å². The average molecular weight is 297 g/mol. The molecule has 19 heavy (non-hydrogen) atoms. The third kappa shape index (κ3) is 4.60. The van der Waals surface area contributed by atoms with Gasteiger partial charge in [-0.15, -0.1) is 0 Å². The highest BCUT2D eigenvalue weighted by molar-refractivity contribution is 6.31. The number of benzene rings is 1. The molecule has 0 fully saturated rings. The molecule has 0 radical (unpaired) electrons. The minimum Gasteiger partial charge on any atom is -0.398 e. The third-order valence-electron chi connectivity index (χ3n) is 2.27. The molecule has 0 aliphatic rings. The first-order valence-corrected chi connectivity index (χ1v) is 5.64. The van der Waals surface area contributed by atoms with Crippen LogP contribution in [0.3, 0.4) is 0 Å². The zero-order valence-electron chi connectivity index (χ0n) is 9.75. The Hall–Kier alpha value is -1.47. The largest absolute Gasteiger partial charge is 0.406 e. The van der Waals surface area contributed by atoms with Gasteiger partial charge in [0.05, 0.1) is 12.2 Å². The molecule has 1 aromatic carbocycles. The topological polar surface area (TPSA) is 66.6 Å². The molecule has 0 aliphatic carbocycles. The number of aliphatic hydroxyl groups excluding tert-OH is 1. The van der Waals surface area contributed by atoms with Gasteiger partial charge >= 0.3 is 6.18 Å². The molecule has 0 unspecified atom stereocenters. The summed E-state index contributed by atoms with van der Waals surface area (Å²) in [5, 5.41) is 8.92. The van der Waals surface area contributed by atoms with Crippen LogP contribution in [0.1, 0.15) is 10.4 Å². The lowest BCUT2D eigenvalue weighted by Crippen LogP contribution is -2.40. The van der Waals surface area contributed by atoms with E-state index in [1.807, 2.05) is 0 Å². The van der Waals surface area contributed by atoms with Crippen LogP contribution < -0.4 is 5.73 Å². The van der Waals surface area contributed by atoms with Crippen LogP contribution >= 0.6 is 11.6 Å². The predicted octanol–water partition coefficient (Wildman–Crippen LogP) is 1.92. The molecule has 0 heterocycles. The van der Waals surface area contributed by atoms with Crippen molar-refractivity contribution in [1.29, 1.82) is 0 Å². The number of anilines is 1. The van der Waals surface area contributed by atoms with Crippen LogP contribution in [0.4, 0.5) is 18.9 Å². The molecule has 0 aromatic heterocycles. The summed E-state index contributed by atoms with van der Waals surface area (Å²) in [6, 6.07) is 3.95. The summed E-state index contributed by atoms with van der Waals surface area (Å²) in [7, 11) is 0. The summed E-state index contributed by atoms with van der Waals surface area (Å²) in [6.07, 6.45) is -4.56. The summed E-state index contributed by atoms with van der Waals surface area (Å²) in [6.45, 7) is -2.48. The minimum atomic E-state index is -4.56. The molecule has 0 saturated carbocycles. The lowest BCUT2D eigenvalue weighted by molar-refractivity contribution is -0.141. The Labute approximate surface area is 112 Å². The SMILES string of the molecule is Nc1ccc(Cl)cc1C(=O)N(CCO)CC(F)(F)F. The first-order chi connectivity index (χ1) is 8.74. The summed E-state index contributed by atoms with van der Waals surface area (Å²) < 4.78 is 37.1. The Kier molecular flexibility index (Phi) is 5.02. The van der Waals surface area contributed by atoms with Crippen LogP contribution in [0, 0.1) is 0 Å². The number of halogens is 4. The maximum Gasteiger partial charge on any atom is 0.406 e. The van der Waals surface area contributed by atoms with Crippen molar-refractivity contribution in [3.8, 4) is 0 Å². The highest BCUT2D eigenvalue weighted by Crippen LogP contribution is 2.22. The molecule has 0 atom stereocenters. The van der Waals surface area contributed by atoms with Crippen molar-refractivity contribution in [3.63, 3.8) is 0 Å². The highest BCUT2D eigenvalue weighted by Gasteiger charge is 2.33. The van der Waals surface area contributed by atoms with E-state index in [4.69, 9.17) is 22.4 Å². The van der Waals surface area contributed by atoms with Gasteiger partial charge in [-0.2, -0.15) is 13.2 Å². The third-order valence-corrected chi connectivity index (χ3v) is 2.51. The predicted molar refractivity (Wildman–Crippen MR) is 64.9 cm³/mol. The molecule has 0 saturated heterocycles. The normalized spacial score (nSPS) is 11.4. The lowest BCUT2D eigenvalue weighted by atomic mass is 10.1. The van der Waals surface area contributed by atoms with Crippen molar-refractivity contribution in [2.45, 2.75) is 6.18 Å². The van der Waals surface area contributed by atoms with E-state index >= 15 is 0 Å². The van der Waals surface area contributed by atoms with Gasteiger partial charge in [-0.3, -0.25) is 4.79 Å². The van der Waals surface area contributed by atoms with E-state index in [9.17, 15) is 18.0 Å². The fraction of sp³-hybridized carbons (Fsp3) is 0.364. The maximum absolute atomic E-state index is 12.4. The number of nitrogens with zero attached hydrogens (tertiary/aromatic N) is 1. The highest BCUT2D eigenvalue weighted by atomic mass is 35.5. The summed E-state index contributed by atoms with van der Waals surface area (Å²) in [5.74, 6) is -0.925. The standard InChI is InChI=1S/C11H12ClF3N2O2/c12-7-1-2-9(16)8(5-7)10(19)17(3-4-18)6-11(13,14)15/h1-2,5,18H,3-4,6,16H2. The smallest absolute Gasteiger partial charge is 0.398 e. The van der Waals surface area contributed by atoms with Gasteiger partial charge in [-0.25, -0.2) is 0 Å². The maximum atomic E-state index is 12.4. The van der Waals surface area contributed by atoms with Gasteiger partial charge in [0, 0.05) is 17.3 Å². The number of carbonyl (C=O) groups excluding carboxylic acids is 1. The van der Waals surface area contributed by atoms with Crippen molar-refractivity contribution in [3.05, 3.63) is 28.8 Å². The fourth-order valence-corrected chi connectivity index (χ4v) is 1.65. The van der Waals surface area contributed by atoms with Crippen LogP contribution in [-0.2, 0) is 0 Å². The van der Waals surface area contributed by atoms with Gasteiger partial charge in [0.25, 0.3) is 5.91 Å².